The van der Waals surface area contributed by atoms with Crippen molar-refractivity contribution in [3.8, 4) is 17.4 Å². The predicted molar refractivity (Wildman–Crippen MR) is 209 cm³/mol. The van der Waals surface area contributed by atoms with E-state index in [9.17, 15) is 32.7 Å². The van der Waals surface area contributed by atoms with Crippen LogP contribution < -0.4 is 29.6 Å². The molecule has 4 aliphatic rings. The van der Waals surface area contributed by atoms with Crippen molar-refractivity contribution in [1.29, 1.82) is 0 Å². The molecule has 3 fully saturated rings. The van der Waals surface area contributed by atoms with Crippen molar-refractivity contribution in [2.75, 3.05) is 27.4 Å². The van der Waals surface area contributed by atoms with E-state index in [-0.39, 0.29) is 55.2 Å². The summed E-state index contributed by atoms with van der Waals surface area (Å²) in [5.74, 6) is -3.59. The van der Waals surface area contributed by atoms with Crippen molar-refractivity contribution in [1.82, 2.24) is 25.2 Å². The summed E-state index contributed by atoms with van der Waals surface area (Å²) >= 11 is 0. The number of methoxy groups -OCH3 is 2. The van der Waals surface area contributed by atoms with Gasteiger partial charge in [-0.05, 0) is 83.3 Å². The fraction of sp³-hybridized carbons (Fsp3) is 0.625. The Kier molecular flexibility index (Phi) is 11.9. The van der Waals surface area contributed by atoms with Crippen molar-refractivity contribution in [3.63, 3.8) is 0 Å². The molecular weight excluding hydrogens is 778 g/mol. The second kappa shape index (κ2) is 16.2. The molecule has 3 heterocycles. The minimum Gasteiger partial charge on any atom is -0.494 e. The third-order valence-electron chi connectivity index (χ3n) is 11.6. The second-order valence-electron chi connectivity index (χ2n) is 17.1. The number of rotatable bonds is 9. The number of fused-ring (bicyclic) bond motifs is 3. The van der Waals surface area contributed by atoms with E-state index in [1.165, 1.54) is 37.4 Å². The van der Waals surface area contributed by atoms with E-state index >= 15 is 4.39 Å². The summed E-state index contributed by atoms with van der Waals surface area (Å²) in [7, 11) is -1.54. The van der Waals surface area contributed by atoms with Gasteiger partial charge >= 0.3 is 6.09 Å². The third kappa shape index (κ3) is 8.67. The Morgan fingerprint density at radius 1 is 1.09 bits per heavy atom. The maximum absolute atomic E-state index is 15.1. The standard InChI is InChI=1S/C40H54FN5O11S/c1-22-10-8-9-11-24-18-40(24,36(50)45-58(52,53)39(21-47)12-13-39)44-33(48)29-15-25(20-46(29)35(49)32(23(2)14-22)43-37(51)57-38(3,4)5)56-34-27-16-28(41)30(54-6)17-26(27)31(55-7)19-42-34/h9,11,16-17,19,22-25,29,32,47H,8,10,12-15,18,20-21H2,1-7H3,(H,43,51)(H,44,48)(H,45,50)/b11-9-/t22-,23+,24+,25+,29-,32-,40+/m0/s1. The zero-order valence-corrected chi connectivity index (χ0v) is 34.7. The summed E-state index contributed by atoms with van der Waals surface area (Å²) in [5, 5.41) is 16.1. The van der Waals surface area contributed by atoms with Crippen molar-refractivity contribution < 1.29 is 56.0 Å². The van der Waals surface area contributed by atoms with Crippen molar-refractivity contribution in [3.05, 3.63) is 36.3 Å². The van der Waals surface area contributed by atoms with E-state index in [0.717, 1.165) is 0 Å². The summed E-state index contributed by atoms with van der Waals surface area (Å²) in [4.78, 5) is 62.2. The van der Waals surface area contributed by atoms with E-state index in [0.29, 0.717) is 30.4 Å². The SMILES string of the molecule is COc1cc2c(OC)cnc(O[C@@H]3C[C@H]4C(=O)N[C@]5(C(=O)NS(=O)(=O)C6(CO)CC6)C[C@H]5/C=C\CC[C@H](C)C[C@@H](C)[C@H](NC(=O)OC(C)(C)C)C(=O)N4C3)c2cc1F. The Hall–Kier alpha value is -4.71. The van der Waals surface area contributed by atoms with Gasteiger partial charge in [0.25, 0.3) is 5.91 Å². The van der Waals surface area contributed by atoms with Crippen LogP contribution in [0, 0.1) is 23.6 Å². The molecule has 2 saturated carbocycles. The summed E-state index contributed by atoms with van der Waals surface area (Å²) in [6, 6.07) is 0.224. The van der Waals surface area contributed by atoms with E-state index in [2.05, 4.69) is 20.3 Å². The first kappa shape index (κ1) is 42.9. The molecule has 1 saturated heterocycles. The van der Waals surface area contributed by atoms with Crippen LogP contribution in [0.3, 0.4) is 0 Å². The first-order valence-electron chi connectivity index (χ1n) is 19.6. The smallest absolute Gasteiger partial charge is 0.408 e. The number of benzene rings is 1. The highest BCUT2D eigenvalue weighted by Gasteiger charge is 2.64. The maximum atomic E-state index is 15.1. The molecule has 318 valence electrons. The number of hydrogen-bond acceptors (Lipinski definition) is 12. The lowest BCUT2D eigenvalue weighted by Crippen LogP contribution is -2.59. The van der Waals surface area contributed by atoms with Gasteiger partial charge < -0.3 is 39.6 Å². The molecule has 0 bridgehead atoms. The van der Waals surface area contributed by atoms with Crippen LogP contribution in [0.15, 0.2) is 30.5 Å². The molecule has 2 aromatic rings. The predicted octanol–water partition coefficient (Wildman–Crippen LogP) is 3.49. The number of nitrogens with zero attached hydrogens (tertiary/aromatic N) is 2. The lowest BCUT2D eigenvalue weighted by molar-refractivity contribution is -0.142. The number of amides is 4. The van der Waals surface area contributed by atoms with Gasteiger partial charge in [0, 0.05) is 17.7 Å². The summed E-state index contributed by atoms with van der Waals surface area (Å²) in [6.07, 6.45) is 5.56. The molecule has 7 atom stereocenters. The van der Waals surface area contributed by atoms with Gasteiger partial charge in [-0.3, -0.25) is 19.1 Å². The molecule has 2 aliphatic carbocycles. The number of aromatic nitrogens is 1. The minimum absolute atomic E-state index is 0.00471. The summed E-state index contributed by atoms with van der Waals surface area (Å²) in [5.41, 5.74) is -2.54. The Bertz CT molecular complexity index is 2090. The molecule has 18 heteroatoms. The molecule has 1 aromatic carbocycles. The minimum atomic E-state index is -4.30. The molecule has 0 radical (unpaired) electrons. The number of aliphatic hydroxyl groups is 1. The van der Waals surface area contributed by atoms with Crippen molar-refractivity contribution in [2.45, 2.75) is 114 Å². The Balaban J connectivity index is 1.37. The highest BCUT2D eigenvalue weighted by atomic mass is 32.2. The van der Waals surface area contributed by atoms with Crippen molar-refractivity contribution >= 4 is 44.6 Å². The molecule has 0 spiro atoms. The van der Waals surface area contributed by atoms with Gasteiger partial charge in [0.1, 0.15) is 39.8 Å². The number of ether oxygens (including phenoxy) is 4. The van der Waals surface area contributed by atoms with Gasteiger partial charge in [0.2, 0.25) is 27.7 Å². The van der Waals surface area contributed by atoms with E-state index < -0.39 is 92.2 Å². The van der Waals surface area contributed by atoms with Crippen LogP contribution in [0.5, 0.6) is 17.4 Å². The van der Waals surface area contributed by atoms with E-state index in [4.69, 9.17) is 18.9 Å². The number of alkyl carbamates (subject to hydrolysis) is 1. The van der Waals surface area contributed by atoms with Crippen LogP contribution in [0.25, 0.3) is 10.8 Å². The Labute approximate surface area is 337 Å². The Morgan fingerprint density at radius 3 is 2.43 bits per heavy atom. The molecule has 58 heavy (non-hydrogen) atoms. The van der Waals surface area contributed by atoms with Gasteiger partial charge in [-0.1, -0.05) is 26.0 Å². The van der Waals surface area contributed by atoms with Crippen LogP contribution in [0.4, 0.5) is 9.18 Å². The lowest BCUT2D eigenvalue weighted by Gasteiger charge is -2.33. The third-order valence-corrected chi connectivity index (χ3v) is 13.7. The molecule has 6 rings (SSSR count). The molecule has 0 unspecified atom stereocenters. The molecular formula is C40H54FN5O11S. The number of hydrogen-bond donors (Lipinski definition) is 4. The molecule has 16 nitrogen and oxygen atoms in total. The first-order chi connectivity index (χ1) is 27.3. The quantitative estimate of drug-likeness (QED) is 0.268. The molecule has 4 N–H and O–H groups in total. The highest BCUT2D eigenvalue weighted by Crippen LogP contribution is 2.48. The highest BCUT2D eigenvalue weighted by molar-refractivity contribution is 7.91. The fourth-order valence-corrected chi connectivity index (χ4v) is 9.44. The number of sulfonamides is 1. The van der Waals surface area contributed by atoms with Crippen LogP contribution >= 0.6 is 0 Å². The zero-order chi connectivity index (χ0) is 42.4. The van der Waals surface area contributed by atoms with Gasteiger partial charge in [-0.25, -0.2) is 22.6 Å². The largest absolute Gasteiger partial charge is 0.494 e. The van der Waals surface area contributed by atoms with E-state index in [1.54, 1.807) is 26.8 Å². The number of carbonyl (C=O) groups is 4. The van der Waals surface area contributed by atoms with Crippen LogP contribution in [-0.2, 0) is 29.1 Å². The van der Waals surface area contributed by atoms with E-state index in [1.807, 2.05) is 19.9 Å². The second-order valence-corrected chi connectivity index (χ2v) is 19.2. The first-order valence-corrected chi connectivity index (χ1v) is 21.1. The number of pyridine rings is 1. The monoisotopic (exact) mass is 831 g/mol. The number of nitrogens with one attached hydrogen (secondary N) is 3. The maximum Gasteiger partial charge on any atom is 0.408 e. The van der Waals surface area contributed by atoms with Gasteiger partial charge in [-0.15, -0.1) is 0 Å². The van der Waals surface area contributed by atoms with Gasteiger partial charge in [-0.2, -0.15) is 0 Å². The number of carbonyl (C=O) groups excluding carboxylic acids is 4. The van der Waals surface area contributed by atoms with Gasteiger partial charge in [0.15, 0.2) is 11.6 Å². The normalized spacial score (nSPS) is 29.1. The van der Waals surface area contributed by atoms with Crippen LogP contribution in [0.1, 0.15) is 79.6 Å². The van der Waals surface area contributed by atoms with Crippen molar-refractivity contribution in [2.24, 2.45) is 17.8 Å². The Morgan fingerprint density at radius 2 is 1.79 bits per heavy atom. The zero-order valence-electron chi connectivity index (χ0n) is 33.9. The number of allylic oxidation sites excluding steroid dienone is 1. The van der Waals surface area contributed by atoms with Crippen LogP contribution in [-0.4, -0.2) is 109 Å². The molecule has 4 amide bonds. The number of halogens is 1. The lowest BCUT2D eigenvalue weighted by atomic mass is 9.88. The van der Waals surface area contributed by atoms with Gasteiger partial charge in [0.05, 0.1) is 39.0 Å². The average Bonchev–Trinajstić information content (AvgIpc) is 4.05. The average molecular weight is 832 g/mol. The summed E-state index contributed by atoms with van der Waals surface area (Å²) < 4.78 is 64.8. The van der Waals surface area contributed by atoms with Crippen LogP contribution in [0.2, 0.25) is 0 Å². The molecule has 1 aromatic heterocycles. The summed E-state index contributed by atoms with van der Waals surface area (Å²) in [6.45, 7) is 8.13. The topological polar surface area (TPSA) is 212 Å². The number of aliphatic hydroxyl groups excluding tert-OH is 1. The molecule has 2 aliphatic heterocycles. The fourth-order valence-electron chi connectivity index (χ4n) is 7.98.